The summed E-state index contributed by atoms with van der Waals surface area (Å²) in [6, 6.07) is 20.2. The molecule has 1 fully saturated rings. The van der Waals surface area contributed by atoms with Gasteiger partial charge in [-0.05, 0) is 24.1 Å². The van der Waals surface area contributed by atoms with Crippen LogP contribution in [0, 0.1) is 0 Å². The van der Waals surface area contributed by atoms with Crippen molar-refractivity contribution in [1.82, 2.24) is 0 Å². The lowest BCUT2D eigenvalue weighted by Crippen LogP contribution is -2.28. The number of carbonyl (C=O) groups is 2. The maximum atomic E-state index is 10.1. The second kappa shape index (κ2) is 12.8. The van der Waals surface area contributed by atoms with Gasteiger partial charge in [-0.2, -0.15) is 0 Å². The molecule has 6 nitrogen and oxygen atoms in total. The van der Waals surface area contributed by atoms with Crippen LogP contribution in [0.2, 0.25) is 0 Å². The second-order valence-electron chi connectivity index (χ2n) is 5.05. The molecule has 0 bridgehead atoms. The van der Waals surface area contributed by atoms with Crippen molar-refractivity contribution in [3.05, 3.63) is 71.8 Å². The third-order valence-electron chi connectivity index (χ3n) is 3.02. The van der Waals surface area contributed by atoms with E-state index in [0.717, 1.165) is 13.0 Å². The van der Waals surface area contributed by atoms with Crippen molar-refractivity contribution in [1.29, 1.82) is 0 Å². The molecule has 0 amide bonds. The summed E-state index contributed by atoms with van der Waals surface area (Å²) in [5.74, 6) is -1.22. The largest absolute Gasteiger partial charge is 0.390 e. The summed E-state index contributed by atoms with van der Waals surface area (Å²) in [5.41, 5.74) is 13.2. The zero-order chi connectivity index (χ0) is 18.3. The molecule has 0 aromatic heterocycles. The molecule has 0 aliphatic carbocycles. The van der Waals surface area contributed by atoms with Crippen LogP contribution in [0.25, 0.3) is 0 Å². The maximum Gasteiger partial charge on any atom is 0.339 e. The Morgan fingerprint density at radius 1 is 0.760 bits per heavy atom. The van der Waals surface area contributed by atoms with Gasteiger partial charge in [0.25, 0.3) is 0 Å². The number of rotatable bonds is 3. The first-order chi connectivity index (χ1) is 12.2. The van der Waals surface area contributed by atoms with E-state index in [0.29, 0.717) is 6.54 Å². The fourth-order valence-electron chi connectivity index (χ4n) is 1.83. The first-order valence-corrected chi connectivity index (χ1v) is 7.95. The number of hydrogen-bond acceptors (Lipinski definition) is 6. The average Bonchev–Trinajstić information content (AvgIpc) is 2.64. The van der Waals surface area contributed by atoms with Crippen molar-refractivity contribution in [2.45, 2.75) is 13.0 Å². The van der Waals surface area contributed by atoms with Gasteiger partial charge in [0.05, 0.1) is 0 Å². The average molecular weight is 344 g/mol. The molecule has 3 rings (SSSR count). The lowest BCUT2D eigenvalue weighted by Gasteiger charge is -2.07. The van der Waals surface area contributed by atoms with Crippen molar-refractivity contribution in [2.75, 3.05) is 19.8 Å². The highest BCUT2D eigenvalue weighted by atomic mass is 16.6. The fourth-order valence-corrected chi connectivity index (χ4v) is 1.83. The van der Waals surface area contributed by atoms with Gasteiger partial charge in [-0.3, -0.25) is 0 Å². The van der Waals surface area contributed by atoms with Gasteiger partial charge in [-0.15, -0.1) is 0 Å². The first-order valence-electron chi connectivity index (χ1n) is 7.95. The van der Waals surface area contributed by atoms with Gasteiger partial charge in [0.1, 0.15) is 13.2 Å². The summed E-state index contributed by atoms with van der Waals surface area (Å²) in [4.78, 5) is 20.2. The molecular formula is C19H24N2O4. The van der Waals surface area contributed by atoms with Crippen molar-refractivity contribution in [3.8, 4) is 0 Å². The monoisotopic (exact) mass is 344 g/mol. The third kappa shape index (κ3) is 10.0. The summed E-state index contributed by atoms with van der Waals surface area (Å²) in [5, 5.41) is 0. The number of carbonyl (C=O) groups excluding carboxylic acids is 2. The summed E-state index contributed by atoms with van der Waals surface area (Å²) in [7, 11) is 0. The van der Waals surface area contributed by atoms with Crippen molar-refractivity contribution in [3.63, 3.8) is 0 Å². The Morgan fingerprint density at radius 2 is 1.24 bits per heavy atom. The van der Waals surface area contributed by atoms with Gasteiger partial charge in [0.2, 0.25) is 0 Å². The number of benzene rings is 2. The van der Waals surface area contributed by atoms with E-state index in [9.17, 15) is 9.59 Å². The molecule has 1 heterocycles. The molecule has 6 heteroatoms. The molecule has 2 aromatic rings. The predicted octanol–water partition coefficient (Wildman–Crippen LogP) is 1.42. The number of nitrogens with two attached hydrogens (primary N) is 2. The van der Waals surface area contributed by atoms with E-state index in [1.165, 1.54) is 11.1 Å². The smallest absolute Gasteiger partial charge is 0.339 e. The fraction of sp³-hybridized carbons (Fsp3) is 0.263. The van der Waals surface area contributed by atoms with E-state index >= 15 is 0 Å². The Morgan fingerprint density at radius 3 is 1.56 bits per heavy atom. The SMILES string of the molecule is NCCc1ccccc1.NCc1ccccc1.O=C1COCC(=O)O1. The number of hydrogen-bond donors (Lipinski definition) is 2. The first kappa shape index (κ1) is 20.5. The van der Waals surface area contributed by atoms with E-state index in [1.807, 2.05) is 48.5 Å². The molecule has 0 saturated carbocycles. The predicted molar refractivity (Wildman–Crippen MR) is 95.5 cm³/mol. The van der Waals surface area contributed by atoms with Crippen molar-refractivity contribution >= 4 is 11.9 Å². The van der Waals surface area contributed by atoms with Crippen LogP contribution in [0.4, 0.5) is 0 Å². The second-order valence-corrected chi connectivity index (χ2v) is 5.05. The quantitative estimate of drug-likeness (QED) is 0.644. The minimum absolute atomic E-state index is 0.105. The Balaban J connectivity index is 0.000000188. The molecule has 1 aliphatic heterocycles. The van der Waals surface area contributed by atoms with E-state index in [4.69, 9.17) is 11.5 Å². The number of cyclic esters (lactones) is 2. The molecule has 1 saturated heterocycles. The molecule has 0 unspecified atom stereocenters. The highest BCUT2D eigenvalue weighted by Crippen LogP contribution is 1.97. The molecule has 25 heavy (non-hydrogen) atoms. The minimum Gasteiger partial charge on any atom is -0.390 e. The van der Waals surface area contributed by atoms with Crippen LogP contribution >= 0.6 is 0 Å². The van der Waals surface area contributed by atoms with Gasteiger partial charge in [-0.25, -0.2) is 9.59 Å². The van der Waals surface area contributed by atoms with Gasteiger partial charge >= 0.3 is 11.9 Å². The Hall–Kier alpha value is -2.54. The van der Waals surface area contributed by atoms with Crippen LogP contribution in [-0.2, 0) is 32.0 Å². The zero-order valence-electron chi connectivity index (χ0n) is 14.1. The molecule has 1 aliphatic rings. The molecule has 0 radical (unpaired) electrons. The Labute approximate surface area is 147 Å². The maximum absolute atomic E-state index is 10.1. The van der Waals surface area contributed by atoms with E-state index in [2.05, 4.69) is 21.6 Å². The van der Waals surface area contributed by atoms with Crippen LogP contribution in [0.1, 0.15) is 11.1 Å². The molecule has 134 valence electrons. The standard InChI is InChI=1S/C8H11N.C7H9N.C4H4O4/c9-7-6-8-4-2-1-3-5-8;8-6-7-4-2-1-3-5-7;5-3-1-7-2-4(6)8-3/h1-5H,6-7,9H2;1-5H,6,8H2;1-2H2. The van der Waals surface area contributed by atoms with E-state index in [1.54, 1.807) is 0 Å². The van der Waals surface area contributed by atoms with Gasteiger partial charge < -0.3 is 20.9 Å². The molecule has 0 atom stereocenters. The number of esters is 2. The highest BCUT2D eigenvalue weighted by molar-refractivity contribution is 5.88. The molecule has 0 spiro atoms. The minimum atomic E-state index is -0.610. The summed E-state index contributed by atoms with van der Waals surface area (Å²) in [6.45, 7) is 1.17. The van der Waals surface area contributed by atoms with Crippen LogP contribution in [0.15, 0.2) is 60.7 Å². The van der Waals surface area contributed by atoms with E-state index < -0.39 is 11.9 Å². The van der Waals surface area contributed by atoms with E-state index in [-0.39, 0.29) is 13.2 Å². The molecular weight excluding hydrogens is 320 g/mol. The highest BCUT2D eigenvalue weighted by Gasteiger charge is 2.16. The summed E-state index contributed by atoms with van der Waals surface area (Å²) in [6.07, 6.45) is 0.987. The topological polar surface area (TPSA) is 105 Å². The Bertz CT molecular complexity index is 604. The molecule has 4 N–H and O–H groups in total. The van der Waals surface area contributed by atoms with Crippen LogP contribution < -0.4 is 11.5 Å². The molecule has 2 aromatic carbocycles. The summed E-state index contributed by atoms with van der Waals surface area (Å²) >= 11 is 0. The summed E-state index contributed by atoms with van der Waals surface area (Å²) < 4.78 is 8.55. The Kier molecular flexibility index (Phi) is 10.5. The number of ether oxygens (including phenoxy) is 2. The lowest BCUT2D eigenvalue weighted by atomic mass is 10.2. The lowest BCUT2D eigenvalue weighted by molar-refractivity contribution is -0.174. The zero-order valence-corrected chi connectivity index (χ0v) is 14.1. The van der Waals surface area contributed by atoms with Crippen molar-refractivity contribution in [2.24, 2.45) is 11.5 Å². The van der Waals surface area contributed by atoms with Crippen LogP contribution in [0.5, 0.6) is 0 Å². The normalized spacial score (nSPS) is 12.9. The van der Waals surface area contributed by atoms with Gasteiger partial charge in [-0.1, -0.05) is 60.7 Å². The van der Waals surface area contributed by atoms with Crippen LogP contribution in [0.3, 0.4) is 0 Å². The van der Waals surface area contributed by atoms with Gasteiger partial charge in [0.15, 0.2) is 0 Å². The van der Waals surface area contributed by atoms with Crippen LogP contribution in [-0.4, -0.2) is 31.7 Å². The van der Waals surface area contributed by atoms with Gasteiger partial charge in [0, 0.05) is 6.54 Å². The third-order valence-corrected chi connectivity index (χ3v) is 3.02. The van der Waals surface area contributed by atoms with Crippen molar-refractivity contribution < 1.29 is 19.1 Å².